The third-order valence-electron chi connectivity index (χ3n) is 1.47. The third kappa shape index (κ3) is 9.66. The van der Waals surface area contributed by atoms with E-state index >= 15 is 0 Å². The van der Waals surface area contributed by atoms with Gasteiger partial charge in [-0.15, -0.1) is 0 Å². The van der Waals surface area contributed by atoms with Crippen LogP contribution < -0.4 is 0 Å². The first kappa shape index (κ1) is 11.7. The minimum Gasteiger partial charge on any atom is -0.385 e. The van der Waals surface area contributed by atoms with E-state index in [1.165, 1.54) is 0 Å². The van der Waals surface area contributed by atoms with Crippen molar-refractivity contribution in [3.05, 3.63) is 12.2 Å². The van der Waals surface area contributed by atoms with Crippen LogP contribution in [0.4, 0.5) is 0 Å². The third-order valence-corrected chi connectivity index (χ3v) is 1.47. The van der Waals surface area contributed by atoms with E-state index in [9.17, 15) is 0 Å². The van der Waals surface area contributed by atoms with Gasteiger partial charge in [-0.1, -0.05) is 19.1 Å². The Morgan fingerprint density at radius 3 is 2.58 bits per heavy atom. The van der Waals surface area contributed by atoms with Crippen molar-refractivity contribution < 1.29 is 9.47 Å². The van der Waals surface area contributed by atoms with Crippen LogP contribution in [0.3, 0.4) is 0 Å². The van der Waals surface area contributed by atoms with Gasteiger partial charge in [0, 0.05) is 20.3 Å². The van der Waals surface area contributed by atoms with E-state index in [-0.39, 0.29) is 0 Å². The Kier molecular flexibility index (Phi) is 10.4. The van der Waals surface area contributed by atoms with Crippen LogP contribution in [-0.2, 0) is 9.47 Å². The molecule has 0 aromatic heterocycles. The van der Waals surface area contributed by atoms with Crippen molar-refractivity contribution in [2.45, 2.75) is 26.2 Å². The van der Waals surface area contributed by atoms with Gasteiger partial charge in [0.05, 0.1) is 6.61 Å². The molecule has 0 aliphatic rings. The van der Waals surface area contributed by atoms with Crippen molar-refractivity contribution in [1.82, 2.24) is 0 Å². The Balaban J connectivity index is 2.86. The van der Waals surface area contributed by atoms with Gasteiger partial charge < -0.3 is 9.47 Å². The Morgan fingerprint density at radius 2 is 1.92 bits per heavy atom. The van der Waals surface area contributed by atoms with E-state index in [1.54, 1.807) is 7.11 Å². The average molecular weight is 172 g/mol. The van der Waals surface area contributed by atoms with Crippen LogP contribution in [0.15, 0.2) is 12.2 Å². The van der Waals surface area contributed by atoms with E-state index in [1.807, 2.05) is 0 Å². The molecule has 12 heavy (non-hydrogen) atoms. The van der Waals surface area contributed by atoms with Crippen LogP contribution in [0, 0.1) is 0 Å². The van der Waals surface area contributed by atoms with Crippen LogP contribution in [0.2, 0.25) is 0 Å². The average Bonchev–Trinajstić information content (AvgIpc) is 2.10. The number of hydrogen-bond donors (Lipinski definition) is 0. The summed E-state index contributed by atoms with van der Waals surface area (Å²) in [6.45, 7) is 4.58. The number of methoxy groups -OCH3 is 1. The molecule has 0 N–H and O–H groups in total. The van der Waals surface area contributed by atoms with Gasteiger partial charge in [-0.3, -0.25) is 0 Å². The van der Waals surface area contributed by atoms with Gasteiger partial charge in [0.1, 0.15) is 0 Å². The summed E-state index contributed by atoms with van der Waals surface area (Å²) >= 11 is 0. The van der Waals surface area contributed by atoms with Crippen molar-refractivity contribution in [2.24, 2.45) is 0 Å². The fourth-order valence-electron chi connectivity index (χ4n) is 0.843. The van der Waals surface area contributed by atoms with E-state index in [0.717, 1.165) is 39.1 Å². The molecule has 0 aliphatic carbocycles. The van der Waals surface area contributed by atoms with Gasteiger partial charge in [-0.25, -0.2) is 0 Å². The van der Waals surface area contributed by atoms with Gasteiger partial charge in [-0.2, -0.15) is 0 Å². The minimum atomic E-state index is 0.796. The van der Waals surface area contributed by atoms with E-state index in [2.05, 4.69) is 19.1 Å². The summed E-state index contributed by atoms with van der Waals surface area (Å²) in [7, 11) is 1.71. The summed E-state index contributed by atoms with van der Waals surface area (Å²) in [5.74, 6) is 0. The number of allylic oxidation sites excluding steroid dienone is 1. The molecule has 0 bridgehead atoms. The molecule has 0 saturated carbocycles. The zero-order valence-corrected chi connectivity index (χ0v) is 8.21. The molecule has 0 aliphatic heterocycles. The SMILES string of the molecule is CC/C=C/CCOCCCOC. The molecular formula is C10H20O2. The highest BCUT2D eigenvalue weighted by Gasteiger charge is 1.86. The number of rotatable bonds is 8. The summed E-state index contributed by atoms with van der Waals surface area (Å²) in [6.07, 6.45) is 7.47. The fourth-order valence-corrected chi connectivity index (χ4v) is 0.843. The summed E-state index contributed by atoms with van der Waals surface area (Å²) in [5.41, 5.74) is 0. The smallest absolute Gasteiger partial charge is 0.0500 e. The highest BCUT2D eigenvalue weighted by atomic mass is 16.5. The number of ether oxygens (including phenoxy) is 2. The summed E-state index contributed by atoms with van der Waals surface area (Å²) in [5, 5.41) is 0. The van der Waals surface area contributed by atoms with Gasteiger partial charge in [0.2, 0.25) is 0 Å². The second-order valence-electron chi connectivity index (χ2n) is 2.63. The van der Waals surface area contributed by atoms with Gasteiger partial charge in [-0.05, 0) is 19.3 Å². The van der Waals surface area contributed by atoms with E-state index < -0.39 is 0 Å². The normalized spacial score (nSPS) is 11.2. The van der Waals surface area contributed by atoms with Crippen LogP contribution in [0.1, 0.15) is 26.2 Å². The molecule has 0 heterocycles. The predicted octanol–water partition coefficient (Wildman–Crippen LogP) is 2.40. The van der Waals surface area contributed by atoms with Crippen LogP contribution in [0.25, 0.3) is 0 Å². The molecule has 0 amide bonds. The first-order chi connectivity index (χ1) is 5.91. The molecular weight excluding hydrogens is 152 g/mol. The summed E-state index contributed by atoms with van der Waals surface area (Å²) < 4.78 is 10.2. The lowest BCUT2D eigenvalue weighted by atomic mass is 10.3. The first-order valence-electron chi connectivity index (χ1n) is 4.63. The molecule has 0 atom stereocenters. The van der Waals surface area contributed by atoms with Crippen molar-refractivity contribution in [3.63, 3.8) is 0 Å². The van der Waals surface area contributed by atoms with Crippen LogP contribution in [0.5, 0.6) is 0 Å². The standard InChI is InChI=1S/C10H20O2/c1-3-4-5-6-9-12-10-7-8-11-2/h4-5H,3,6-10H2,1-2H3/b5-4+. The highest BCUT2D eigenvalue weighted by Crippen LogP contribution is 1.89. The number of hydrogen-bond acceptors (Lipinski definition) is 2. The lowest BCUT2D eigenvalue weighted by Gasteiger charge is -2.00. The lowest BCUT2D eigenvalue weighted by molar-refractivity contribution is 0.106. The molecule has 2 nitrogen and oxygen atoms in total. The van der Waals surface area contributed by atoms with Gasteiger partial charge in [0.15, 0.2) is 0 Å². The zero-order valence-electron chi connectivity index (χ0n) is 8.21. The quantitative estimate of drug-likeness (QED) is 0.413. The van der Waals surface area contributed by atoms with Crippen molar-refractivity contribution in [1.29, 1.82) is 0 Å². The van der Waals surface area contributed by atoms with Crippen LogP contribution >= 0.6 is 0 Å². The summed E-state index contributed by atoms with van der Waals surface area (Å²) in [6, 6.07) is 0. The van der Waals surface area contributed by atoms with Crippen molar-refractivity contribution in [3.8, 4) is 0 Å². The van der Waals surface area contributed by atoms with Crippen molar-refractivity contribution >= 4 is 0 Å². The molecule has 0 aromatic rings. The maximum absolute atomic E-state index is 5.35. The first-order valence-corrected chi connectivity index (χ1v) is 4.63. The highest BCUT2D eigenvalue weighted by molar-refractivity contribution is 4.79. The minimum absolute atomic E-state index is 0.796. The maximum atomic E-state index is 5.35. The topological polar surface area (TPSA) is 18.5 Å². The molecule has 72 valence electrons. The van der Waals surface area contributed by atoms with Gasteiger partial charge >= 0.3 is 0 Å². The Morgan fingerprint density at radius 1 is 1.08 bits per heavy atom. The fraction of sp³-hybridized carbons (Fsp3) is 0.800. The van der Waals surface area contributed by atoms with Gasteiger partial charge in [0.25, 0.3) is 0 Å². The largest absolute Gasteiger partial charge is 0.385 e. The monoisotopic (exact) mass is 172 g/mol. The predicted molar refractivity (Wildman–Crippen MR) is 51.4 cm³/mol. The molecule has 2 heteroatoms. The maximum Gasteiger partial charge on any atom is 0.0500 e. The molecule has 0 unspecified atom stereocenters. The Bertz CT molecular complexity index is 100. The lowest BCUT2D eigenvalue weighted by Crippen LogP contribution is -1.99. The summed E-state index contributed by atoms with van der Waals surface area (Å²) in [4.78, 5) is 0. The second-order valence-corrected chi connectivity index (χ2v) is 2.63. The molecule has 0 fully saturated rings. The van der Waals surface area contributed by atoms with Crippen LogP contribution in [-0.4, -0.2) is 26.9 Å². The van der Waals surface area contributed by atoms with E-state index in [0.29, 0.717) is 0 Å². The molecule has 0 radical (unpaired) electrons. The molecule has 0 aromatic carbocycles. The molecule has 0 rings (SSSR count). The van der Waals surface area contributed by atoms with Crippen molar-refractivity contribution in [2.75, 3.05) is 26.9 Å². The Hall–Kier alpha value is -0.340. The Labute approximate surface area is 75.6 Å². The second kappa shape index (κ2) is 10.7. The zero-order chi connectivity index (χ0) is 9.07. The molecule has 0 saturated heterocycles. The molecule has 0 spiro atoms. The van der Waals surface area contributed by atoms with E-state index in [4.69, 9.17) is 9.47 Å².